The van der Waals surface area contributed by atoms with Crippen molar-refractivity contribution in [3.8, 4) is 0 Å². The van der Waals surface area contributed by atoms with Gasteiger partial charge in [-0.1, -0.05) is 29.3 Å². The summed E-state index contributed by atoms with van der Waals surface area (Å²) in [5, 5.41) is 21.6. The maximum absolute atomic E-state index is 12.6. The molecule has 3 unspecified atom stereocenters. The van der Waals surface area contributed by atoms with Gasteiger partial charge in [0, 0.05) is 71.3 Å². The number of β-amino-alcohol motifs (C(OH)–C–C–N with tert-alkyl or cyclic N) is 1. The molecule has 0 radical (unpaired) electrons. The average molecular weight is 514 g/mol. The third-order valence-electron chi connectivity index (χ3n) is 6.32. The summed E-state index contributed by atoms with van der Waals surface area (Å²) in [6.45, 7) is 3.55. The number of piperidine rings is 1. The van der Waals surface area contributed by atoms with Crippen LogP contribution in [0.1, 0.15) is 18.4 Å². The number of hydrogen-bond donors (Lipinski definition) is 2. The Balaban J connectivity index is 1.49. The molecule has 0 spiro atoms. The number of carbonyl (C=O) groups excluding carboxylic acids is 2. The fraction of sp³-hybridized carbons (Fsp3) is 0.583. The first-order valence-corrected chi connectivity index (χ1v) is 12.3. The van der Waals surface area contributed by atoms with Gasteiger partial charge in [0.05, 0.1) is 28.9 Å². The molecule has 2 heterocycles. The minimum atomic E-state index is -0.709. The number of aliphatic hydroxyl groups is 2. The highest BCUT2D eigenvalue weighted by molar-refractivity contribution is 6.42. The summed E-state index contributed by atoms with van der Waals surface area (Å²) in [5.74, 6) is -0.242. The summed E-state index contributed by atoms with van der Waals surface area (Å²) in [6.07, 6.45) is 2.89. The van der Waals surface area contributed by atoms with Crippen LogP contribution in [0, 0.1) is 5.92 Å². The van der Waals surface area contributed by atoms with Crippen molar-refractivity contribution >= 4 is 41.1 Å². The molecule has 188 valence electrons. The van der Waals surface area contributed by atoms with Crippen LogP contribution in [0.15, 0.2) is 24.3 Å². The lowest BCUT2D eigenvalue weighted by atomic mass is 9.95. The van der Waals surface area contributed by atoms with Gasteiger partial charge in [-0.05, 0) is 30.2 Å². The molecule has 3 rings (SSSR count). The highest BCUT2D eigenvalue weighted by Crippen LogP contribution is 2.23. The number of halogens is 2. The number of methoxy groups -OCH3 is 1. The van der Waals surface area contributed by atoms with Crippen LogP contribution in [0.3, 0.4) is 0 Å². The molecule has 2 fully saturated rings. The van der Waals surface area contributed by atoms with Gasteiger partial charge in [-0.2, -0.15) is 0 Å². The third-order valence-corrected chi connectivity index (χ3v) is 7.06. The van der Waals surface area contributed by atoms with Gasteiger partial charge in [0.1, 0.15) is 0 Å². The van der Waals surface area contributed by atoms with Gasteiger partial charge in [-0.25, -0.2) is 0 Å². The van der Waals surface area contributed by atoms with E-state index in [1.54, 1.807) is 41.2 Å². The number of carbonyl (C=O) groups is 2. The van der Waals surface area contributed by atoms with E-state index in [1.807, 2.05) is 0 Å². The van der Waals surface area contributed by atoms with Crippen molar-refractivity contribution in [1.82, 2.24) is 14.7 Å². The molecule has 8 nitrogen and oxygen atoms in total. The van der Waals surface area contributed by atoms with Crippen molar-refractivity contribution in [3.05, 3.63) is 39.9 Å². The van der Waals surface area contributed by atoms with Crippen LogP contribution in [-0.4, -0.2) is 108 Å². The fourth-order valence-corrected chi connectivity index (χ4v) is 4.72. The SMILES string of the molecule is COCC1CN(CC(O)CN2CCN(C(=O)C=Cc3ccc(Cl)c(Cl)c3)CCC2=O)CCC1O. The second-order valence-corrected chi connectivity index (χ2v) is 9.72. The molecule has 0 aromatic heterocycles. The summed E-state index contributed by atoms with van der Waals surface area (Å²) >= 11 is 11.9. The number of amides is 2. The first-order valence-electron chi connectivity index (χ1n) is 11.5. The summed E-state index contributed by atoms with van der Waals surface area (Å²) < 4.78 is 5.19. The predicted molar refractivity (Wildman–Crippen MR) is 132 cm³/mol. The topological polar surface area (TPSA) is 93.6 Å². The van der Waals surface area contributed by atoms with E-state index in [2.05, 4.69) is 4.90 Å². The van der Waals surface area contributed by atoms with E-state index >= 15 is 0 Å². The summed E-state index contributed by atoms with van der Waals surface area (Å²) in [7, 11) is 1.61. The minimum absolute atomic E-state index is 0.0160. The monoisotopic (exact) mass is 513 g/mol. The van der Waals surface area contributed by atoms with E-state index in [1.165, 1.54) is 6.08 Å². The van der Waals surface area contributed by atoms with Crippen molar-refractivity contribution in [3.63, 3.8) is 0 Å². The van der Waals surface area contributed by atoms with Gasteiger partial charge in [0.2, 0.25) is 11.8 Å². The first kappa shape index (κ1) is 26.9. The zero-order chi connectivity index (χ0) is 24.7. The molecule has 2 saturated heterocycles. The van der Waals surface area contributed by atoms with Crippen molar-refractivity contribution in [2.45, 2.75) is 25.0 Å². The van der Waals surface area contributed by atoms with Gasteiger partial charge in [-0.3, -0.25) is 9.59 Å². The molecule has 0 aliphatic carbocycles. The minimum Gasteiger partial charge on any atom is -0.393 e. The van der Waals surface area contributed by atoms with E-state index in [9.17, 15) is 19.8 Å². The molecule has 1 aromatic carbocycles. The Morgan fingerprint density at radius 3 is 2.74 bits per heavy atom. The number of aliphatic hydroxyl groups excluding tert-OH is 2. The van der Waals surface area contributed by atoms with E-state index in [4.69, 9.17) is 27.9 Å². The zero-order valence-corrected chi connectivity index (χ0v) is 20.9. The molecule has 10 heteroatoms. The Morgan fingerprint density at radius 2 is 2.00 bits per heavy atom. The van der Waals surface area contributed by atoms with Gasteiger partial charge in [0.15, 0.2) is 0 Å². The second-order valence-electron chi connectivity index (χ2n) is 8.91. The Bertz CT molecular complexity index is 884. The fourth-order valence-electron chi connectivity index (χ4n) is 4.42. The van der Waals surface area contributed by atoms with E-state index in [0.717, 1.165) is 5.56 Å². The lowest BCUT2D eigenvalue weighted by molar-refractivity contribution is -0.132. The van der Waals surface area contributed by atoms with E-state index in [-0.39, 0.29) is 30.7 Å². The average Bonchev–Trinajstić information content (AvgIpc) is 2.98. The Labute approximate surface area is 210 Å². The molecule has 2 aliphatic rings. The van der Waals surface area contributed by atoms with E-state index in [0.29, 0.717) is 62.3 Å². The highest BCUT2D eigenvalue weighted by atomic mass is 35.5. The number of ether oxygens (including phenoxy) is 1. The third kappa shape index (κ3) is 7.66. The summed E-state index contributed by atoms with van der Waals surface area (Å²) in [6, 6.07) is 5.13. The van der Waals surface area contributed by atoms with Crippen molar-refractivity contribution in [2.75, 3.05) is 59.5 Å². The highest BCUT2D eigenvalue weighted by Gasteiger charge is 2.30. The van der Waals surface area contributed by atoms with Gasteiger partial charge in [0.25, 0.3) is 0 Å². The number of nitrogens with zero attached hydrogens (tertiary/aromatic N) is 3. The maximum Gasteiger partial charge on any atom is 0.246 e. The van der Waals surface area contributed by atoms with Crippen LogP contribution < -0.4 is 0 Å². The van der Waals surface area contributed by atoms with Crippen LogP contribution in [0.5, 0.6) is 0 Å². The number of benzene rings is 1. The van der Waals surface area contributed by atoms with E-state index < -0.39 is 12.2 Å². The normalized spacial score (nSPS) is 23.4. The number of likely N-dealkylation sites (tertiary alicyclic amines) is 1. The molecule has 0 bridgehead atoms. The molecular formula is C24H33Cl2N3O5. The lowest BCUT2D eigenvalue weighted by Gasteiger charge is -2.37. The molecule has 34 heavy (non-hydrogen) atoms. The molecule has 2 aliphatic heterocycles. The molecule has 3 atom stereocenters. The Kier molecular flexibility index (Phi) is 10.2. The second kappa shape index (κ2) is 12.9. The van der Waals surface area contributed by atoms with Crippen LogP contribution in [0.2, 0.25) is 10.0 Å². The number of hydrogen-bond acceptors (Lipinski definition) is 6. The number of rotatable bonds is 8. The van der Waals surface area contributed by atoms with Crippen molar-refractivity contribution in [1.29, 1.82) is 0 Å². The molecular weight excluding hydrogens is 481 g/mol. The van der Waals surface area contributed by atoms with Crippen molar-refractivity contribution < 1.29 is 24.5 Å². The standard InChI is InChI=1S/C24H33Cl2N3O5/c1-34-16-18-13-27(8-6-22(18)31)14-19(30)15-29-11-10-28(9-7-24(29)33)23(32)5-3-17-2-4-20(25)21(26)12-17/h2-5,12,18-19,22,30-31H,6-11,13-16H2,1H3. The van der Waals surface area contributed by atoms with Gasteiger partial charge in [-0.15, -0.1) is 0 Å². The Morgan fingerprint density at radius 1 is 1.21 bits per heavy atom. The summed E-state index contributed by atoms with van der Waals surface area (Å²) in [5.41, 5.74) is 0.761. The molecule has 2 N–H and O–H groups in total. The predicted octanol–water partition coefficient (Wildman–Crippen LogP) is 1.76. The molecule has 0 saturated carbocycles. The van der Waals surface area contributed by atoms with Crippen LogP contribution in [0.4, 0.5) is 0 Å². The largest absolute Gasteiger partial charge is 0.393 e. The lowest BCUT2D eigenvalue weighted by Crippen LogP contribution is -2.49. The Hall–Kier alpha value is -1.68. The van der Waals surface area contributed by atoms with Crippen LogP contribution in [-0.2, 0) is 14.3 Å². The summed E-state index contributed by atoms with van der Waals surface area (Å²) in [4.78, 5) is 30.6. The maximum atomic E-state index is 12.6. The first-order chi connectivity index (χ1) is 16.3. The van der Waals surface area contributed by atoms with Crippen LogP contribution in [0.25, 0.3) is 6.08 Å². The van der Waals surface area contributed by atoms with Gasteiger partial charge < -0.3 is 29.6 Å². The van der Waals surface area contributed by atoms with Crippen molar-refractivity contribution in [2.24, 2.45) is 5.92 Å². The quantitative estimate of drug-likeness (QED) is 0.514. The smallest absolute Gasteiger partial charge is 0.246 e. The van der Waals surface area contributed by atoms with Gasteiger partial charge >= 0.3 is 0 Å². The zero-order valence-electron chi connectivity index (χ0n) is 19.4. The molecule has 1 aromatic rings. The molecule has 2 amide bonds. The van der Waals surface area contributed by atoms with Crippen LogP contribution >= 0.6 is 23.2 Å².